The molecule has 0 radical (unpaired) electrons. The molecule has 1 atom stereocenters. The molecule has 28 heavy (non-hydrogen) atoms. The molecule has 0 spiro atoms. The van der Waals surface area contributed by atoms with Crippen molar-refractivity contribution in [2.45, 2.75) is 37.5 Å². The first-order chi connectivity index (χ1) is 13.5. The van der Waals surface area contributed by atoms with Gasteiger partial charge in [0.25, 0.3) is 0 Å². The molecule has 7 nitrogen and oxygen atoms in total. The highest BCUT2D eigenvalue weighted by molar-refractivity contribution is 7.89. The number of hydrogen-bond donors (Lipinski definition) is 0. The van der Waals surface area contributed by atoms with E-state index in [9.17, 15) is 13.7 Å². The molecule has 8 heteroatoms. The van der Waals surface area contributed by atoms with E-state index in [0.29, 0.717) is 36.3 Å². The molecule has 2 aliphatic rings. The van der Waals surface area contributed by atoms with Crippen molar-refractivity contribution in [1.82, 2.24) is 9.29 Å². The lowest BCUT2D eigenvalue weighted by Gasteiger charge is -2.30. The number of piperidine rings is 1. The number of oxazole rings is 1. The average Bonchev–Trinajstić information content (AvgIpc) is 3.37. The number of anilines is 1. The van der Waals surface area contributed by atoms with Crippen molar-refractivity contribution in [2.24, 2.45) is 5.92 Å². The summed E-state index contributed by atoms with van der Waals surface area (Å²) in [7, 11) is -3.49. The van der Waals surface area contributed by atoms with Gasteiger partial charge in [-0.1, -0.05) is 6.92 Å². The topological polar surface area (TPSA) is 90.4 Å². The van der Waals surface area contributed by atoms with Gasteiger partial charge in [-0.15, -0.1) is 0 Å². The van der Waals surface area contributed by atoms with E-state index in [4.69, 9.17) is 4.42 Å². The first kappa shape index (κ1) is 19.0. The number of benzene rings is 1. The van der Waals surface area contributed by atoms with Gasteiger partial charge in [0.15, 0.2) is 0 Å². The molecular formula is C20H24N4O3S. The molecule has 0 amide bonds. The number of rotatable bonds is 4. The first-order valence-corrected chi connectivity index (χ1v) is 11.2. The predicted octanol–water partition coefficient (Wildman–Crippen LogP) is 3.23. The van der Waals surface area contributed by atoms with E-state index in [0.717, 1.165) is 38.8 Å². The summed E-state index contributed by atoms with van der Waals surface area (Å²) >= 11 is 0. The van der Waals surface area contributed by atoms with Crippen molar-refractivity contribution in [3.8, 4) is 17.5 Å². The lowest BCUT2D eigenvalue weighted by atomic mass is 10.0. The van der Waals surface area contributed by atoms with Crippen LogP contribution in [0.25, 0.3) is 11.5 Å². The molecule has 0 aliphatic carbocycles. The summed E-state index contributed by atoms with van der Waals surface area (Å²) in [6.07, 6.45) is 4.10. The third-order valence-electron chi connectivity index (χ3n) is 5.47. The fourth-order valence-corrected chi connectivity index (χ4v) is 5.52. The molecule has 1 unspecified atom stereocenters. The second-order valence-electron chi connectivity index (χ2n) is 7.61. The van der Waals surface area contributed by atoms with Crippen LogP contribution in [0.2, 0.25) is 0 Å². The van der Waals surface area contributed by atoms with Gasteiger partial charge in [-0.05, 0) is 55.9 Å². The van der Waals surface area contributed by atoms with Crippen molar-refractivity contribution >= 4 is 15.9 Å². The second kappa shape index (κ2) is 7.57. The minimum absolute atomic E-state index is 0.274. The van der Waals surface area contributed by atoms with E-state index in [2.05, 4.69) is 18.0 Å². The van der Waals surface area contributed by atoms with Crippen LogP contribution in [0.1, 0.15) is 38.3 Å². The standard InChI is InChI=1S/C20H24N4O3S/c1-15-5-4-12-24(14-15)28(25,26)17-8-6-16(7-9-17)19-22-18(13-21)20(27-19)23-10-2-3-11-23/h6-9,15H,2-5,10-12,14H2,1H3. The van der Waals surface area contributed by atoms with Gasteiger partial charge in [0.05, 0.1) is 4.90 Å². The largest absolute Gasteiger partial charge is 0.419 e. The summed E-state index contributed by atoms with van der Waals surface area (Å²) in [6.45, 7) is 4.93. The van der Waals surface area contributed by atoms with Gasteiger partial charge in [0.2, 0.25) is 27.5 Å². The molecule has 2 fully saturated rings. The van der Waals surface area contributed by atoms with Crippen LogP contribution < -0.4 is 4.90 Å². The van der Waals surface area contributed by atoms with Gasteiger partial charge >= 0.3 is 0 Å². The van der Waals surface area contributed by atoms with Crippen LogP contribution >= 0.6 is 0 Å². The molecule has 0 saturated carbocycles. The third-order valence-corrected chi connectivity index (χ3v) is 7.35. The maximum absolute atomic E-state index is 12.9. The Morgan fingerprint density at radius 1 is 1.14 bits per heavy atom. The number of nitrogens with zero attached hydrogens (tertiary/aromatic N) is 4. The molecular weight excluding hydrogens is 376 g/mol. The molecule has 2 aliphatic heterocycles. The second-order valence-corrected chi connectivity index (χ2v) is 9.55. The molecule has 4 rings (SSSR count). The third kappa shape index (κ3) is 3.52. The SMILES string of the molecule is CC1CCCN(S(=O)(=O)c2ccc(-c3nc(C#N)c(N4CCCC4)o3)cc2)C1. The van der Waals surface area contributed by atoms with Crippen LogP contribution in [-0.4, -0.2) is 43.9 Å². The molecule has 0 bridgehead atoms. The lowest BCUT2D eigenvalue weighted by molar-refractivity contribution is 0.281. The fraction of sp³-hybridized carbons (Fsp3) is 0.500. The van der Waals surface area contributed by atoms with Gasteiger partial charge in [-0.25, -0.2) is 8.42 Å². The Hall–Kier alpha value is -2.37. The Kier molecular flexibility index (Phi) is 5.13. The molecule has 1 aromatic carbocycles. The van der Waals surface area contributed by atoms with Crippen molar-refractivity contribution in [2.75, 3.05) is 31.1 Å². The highest BCUT2D eigenvalue weighted by Gasteiger charge is 2.29. The highest BCUT2D eigenvalue weighted by Crippen LogP contribution is 2.31. The summed E-state index contributed by atoms with van der Waals surface area (Å²) in [5.74, 6) is 1.23. The zero-order chi connectivity index (χ0) is 19.7. The monoisotopic (exact) mass is 400 g/mol. The fourth-order valence-electron chi connectivity index (χ4n) is 3.93. The number of aromatic nitrogens is 1. The van der Waals surface area contributed by atoms with E-state index in [1.807, 2.05) is 4.90 Å². The van der Waals surface area contributed by atoms with E-state index < -0.39 is 10.0 Å². The van der Waals surface area contributed by atoms with Crippen LogP contribution in [0, 0.1) is 17.2 Å². The Morgan fingerprint density at radius 3 is 2.50 bits per heavy atom. The summed E-state index contributed by atoms with van der Waals surface area (Å²) in [4.78, 5) is 6.61. The summed E-state index contributed by atoms with van der Waals surface area (Å²) in [5.41, 5.74) is 0.934. The maximum atomic E-state index is 12.9. The van der Waals surface area contributed by atoms with E-state index in [1.54, 1.807) is 28.6 Å². The van der Waals surface area contributed by atoms with Gasteiger partial charge in [0, 0.05) is 31.7 Å². The van der Waals surface area contributed by atoms with Crippen LogP contribution in [0.5, 0.6) is 0 Å². The lowest BCUT2D eigenvalue weighted by Crippen LogP contribution is -2.39. The molecule has 2 saturated heterocycles. The Bertz CT molecular complexity index is 985. The summed E-state index contributed by atoms with van der Waals surface area (Å²) in [5, 5.41) is 9.37. The normalized spacial score (nSPS) is 21.0. The smallest absolute Gasteiger partial charge is 0.243 e. The Labute approximate surface area is 165 Å². The Morgan fingerprint density at radius 2 is 1.86 bits per heavy atom. The van der Waals surface area contributed by atoms with E-state index in [-0.39, 0.29) is 10.6 Å². The van der Waals surface area contributed by atoms with E-state index in [1.165, 1.54) is 0 Å². The van der Waals surface area contributed by atoms with Crippen LogP contribution in [0.3, 0.4) is 0 Å². The maximum Gasteiger partial charge on any atom is 0.243 e. The van der Waals surface area contributed by atoms with Crippen molar-refractivity contribution in [3.63, 3.8) is 0 Å². The zero-order valence-corrected chi connectivity index (χ0v) is 16.8. The predicted molar refractivity (Wildman–Crippen MR) is 105 cm³/mol. The van der Waals surface area contributed by atoms with Crippen LogP contribution in [0.15, 0.2) is 33.6 Å². The van der Waals surface area contributed by atoms with Crippen LogP contribution in [0.4, 0.5) is 5.88 Å². The quantitative estimate of drug-likeness (QED) is 0.783. The Balaban J connectivity index is 1.59. The van der Waals surface area contributed by atoms with Crippen LogP contribution in [-0.2, 0) is 10.0 Å². The van der Waals surface area contributed by atoms with Gasteiger partial charge in [-0.3, -0.25) is 0 Å². The number of hydrogen-bond acceptors (Lipinski definition) is 6. The van der Waals surface area contributed by atoms with Gasteiger partial charge in [0.1, 0.15) is 6.07 Å². The minimum Gasteiger partial charge on any atom is -0.419 e. The molecule has 148 valence electrons. The molecule has 0 N–H and O–H groups in total. The van der Waals surface area contributed by atoms with Crippen molar-refractivity contribution in [1.29, 1.82) is 5.26 Å². The first-order valence-electron chi connectivity index (χ1n) is 9.75. The summed E-state index contributed by atoms with van der Waals surface area (Å²) in [6, 6.07) is 8.67. The number of nitriles is 1. The van der Waals surface area contributed by atoms with E-state index >= 15 is 0 Å². The summed E-state index contributed by atoms with van der Waals surface area (Å²) < 4.78 is 33.2. The number of sulfonamides is 1. The average molecular weight is 401 g/mol. The molecule has 2 aromatic rings. The van der Waals surface area contributed by atoms with Crippen molar-refractivity contribution < 1.29 is 12.8 Å². The highest BCUT2D eigenvalue weighted by atomic mass is 32.2. The van der Waals surface area contributed by atoms with Crippen molar-refractivity contribution in [3.05, 3.63) is 30.0 Å². The molecule has 3 heterocycles. The minimum atomic E-state index is -3.49. The zero-order valence-electron chi connectivity index (χ0n) is 16.0. The van der Waals surface area contributed by atoms with Gasteiger partial charge in [-0.2, -0.15) is 14.6 Å². The molecule has 1 aromatic heterocycles. The van der Waals surface area contributed by atoms with Gasteiger partial charge < -0.3 is 9.32 Å².